The van der Waals surface area contributed by atoms with Gasteiger partial charge in [0.15, 0.2) is 11.5 Å². The third-order valence-electron chi connectivity index (χ3n) is 4.96. The Morgan fingerprint density at radius 3 is 2.73 bits per heavy atom. The van der Waals surface area contributed by atoms with Crippen LogP contribution in [-0.2, 0) is 22.4 Å². The van der Waals surface area contributed by atoms with E-state index in [2.05, 4.69) is 6.07 Å². The second-order valence-corrected chi connectivity index (χ2v) is 6.92. The molecule has 0 spiro atoms. The SMILES string of the molecule is Cc1cccc(C[C@H]2CC(=O)N(CCc3ccc4c(c3)OCO4)C2=O)c1. The fourth-order valence-electron chi connectivity index (χ4n) is 3.61. The molecule has 0 unspecified atom stereocenters. The molecule has 0 aromatic heterocycles. The van der Waals surface area contributed by atoms with Crippen LogP contribution in [0.4, 0.5) is 0 Å². The fraction of sp³-hybridized carbons (Fsp3) is 0.333. The van der Waals surface area contributed by atoms with Crippen molar-refractivity contribution in [1.29, 1.82) is 0 Å². The molecule has 2 heterocycles. The van der Waals surface area contributed by atoms with Gasteiger partial charge in [-0.15, -0.1) is 0 Å². The normalized spacial score (nSPS) is 18.7. The average molecular weight is 351 g/mol. The Hall–Kier alpha value is -2.82. The molecule has 0 bridgehead atoms. The summed E-state index contributed by atoms with van der Waals surface area (Å²) in [4.78, 5) is 26.4. The smallest absolute Gasteiger partial charge is 0.233 e. The van der Waals surface area contributed by atoms with E-state index in [9.17, 15) is 9.59 Å². The van der Waals surface area contributed by atoms with Crippen LogP contribution in [0.5, 0.6) is 11.5 Å². The van der Waals surface area contributed by atoms with Gasteiger partial charge < -0.3 is 9.47 Å². The first-order valence-corrected chi connectivity index (χ1v) is 8.88. The molecule has 4 rings (SSSR count). The molecule has 0 N–H and O–H groups in total. The second kappa shape index (κ2) is 6.83. The van der Waals surface area contributed by atoms with Crippen LogP contribution < -0.4 is 9.47 Å². The van der Waals surface area contributed by atoms with E-state index < -0.39 is 0 Å². The highest BCUT2D eigenvalue weighted by Crippen LogP contribution is 2.33. The Kier molecular flexibility index (Phi) is 4.37. The zero-order valence-corrected chi connectivity index (χ0v) is 14.7. The first-order chi connectivity index (χ1) is 12.6. The van der Waals surface area contributed by atoms with Gasteiger partial charge >= 0.3 is 0 Å². The van der Waals surface area contributed by atoms with Crippen molar-refractivity contribution in [2.45, 2.75) is 26.2 Å². The Morgan fingerprint density at radius 1 is 1.04 bits per heavy atom. The molecule has 0 saturated carbocycles. The third kappa shape index (κ3) is 3.29. The summed E-state index contributed by atoms with van der Waals surface area (Å²) in [6.45, 7) is 2.67. The van der Waals surface area contributed by atoms with Gasteiger partial charge in [-0.2, -0.15) is 0 Å². The van der Waals surface area contributed by atoms with Crippen molar-refractivity contribution >= 4 is 11.8 Å². The molecular weight excluding hydrogens is 330 g/mol. The second-order valence-electron chi connectivity index (χ2n) is 6.92. The topological polar surface area (TPSA) is 55.8 Å². The number of hydrogen-bond donors (Lipinski definition) is 0. The maximum absolute atomic E-state index is 12.7. The lowest BCUT2D eigenvalue weighted by Crippen LogP contribution is -2.33. The van der Waals surface area contributed by atoms with Crippen LogP contribution in [0.1, 0.15) is 23.1 Å². The van der Waals surface area contributed by atoms with Crippen LogP contribution >= 0.6 is 0 Å². The summed E-state index contributed by atoms with van der Waals surface area (Å²) >= 11 is 0. The van der Waals surface area contributed by atoms with Gasteiger partial charge in [0.25, 0.3) is 0 Å². The third-order valence-corrected chi connectivity index (χ3v) is 4.96. The molecular formula is C21H21NO4. The first kappa shape index (κ1) is 16.6. The van der Waals surface area contributed by atoms with E-state index in [1.807, 2.05) is 43.3 Å². The van der Waals surface area contributed by atoms with Gasteiger partial charge in [0.1, 0.15) is 0 Å². The number of carbonyl (C=O) groups excluding carboxylic acids is 2. The predicted molar refractivity (Wildman–Crippen MR) is 96.0 cm³/mol. The Morgan fingerprint density at radius 2 is 1.88 bits per heavy atom. The number of nitrogens with zero attached hydrogens (tertiary/aromatic N) is 1. The number of fused-ring (bicyclic) bond motifs is 1. The molecule has 0 radical (unpaired) electrons. The number of likely N-dealkylation sites (tertiary alicyclic amines) is 1. The minimum absolute atomic E-state index is 0.0581. The highest BCUT2D eigenvalue weighted by Gasteiger charge is 2.38. The molecule has 5 heteroatoms. The largest absolute Gasteiger partial charge is 0.454 e. The summed E-state index contributed by atoms with van der Waals surface area (Å²) in [7, 11) is 0. The maximum atomic E-state index is 12.7. The molecule has 1 atom stereocenters. The number of aryl methyl sites for hydroxylation is 1. The standard InChI is InChI=1S/C21H21NO4/c1-14-3-2-4-16(9-14)10-17-12-20(23)22(21(17)24)8-7-15-5-6-18-19(11-15)26-13-25-18/h2-6,9,11,17H,7-8,10,12-13H2,1H3/t17-/m0/s1. The zero-order chi connectivity index (χ0) is 18.1. The molecule has 2 aromatic rings. The van der Waals surface area contributed by atoms with Crippen molar-refractivity contribution in [1.82, 2.24) is 4.90 Å². The molecule has 1 fully saturated rings. The van der Waals surface area contributed by atoms with Crippen LogP contribution in [0.25, 0.3) is 0 Å². The molecule has 26 heavy (non-hydrogen) atoms. The lowest BCUT2D eigenvalue weighted by Gasteiger charge is -2.15. The summed E-state index contributed by atoms with van der Waals surface area (Å²) in [6.07, 6.45) is 1.53. The Bertz CT molecular complexity index is 861. The molecule has 2 aliphatic rings. The maximum Gasteiger partial charge on any atom is 0.233 e. The lowest BCUT2D eigenvalue weighted by molar-refractivity contribution is -0.139. The van der Waals surface area contributed by atoms with Gasteiger partial charge in [0, 0.05) is 13.0 Å². The summed E-state index contributed by atoms with van der Waals surface area (Å²) in [5.41, 5.74) is 3.30. The summed E-state index contributed by atoms with van der Waals surface area (Å²) in [5.74, 6) is 1.07. The monoisotopic (exact) mass is 351 g/mol. The number of amides is 2. The minimum atomic E-state index is -0.249. The molecule has 5 nitrogen and oxygen atoms in total. The molecule has 2 aromatic carbocycles. The van der Waals surface area contributed by atoms with E-state index in [0.29, 0.717) is 25.8 Å². The molecule has 2 aliphatic heterocycles. The summed E-state index contributed by atoms with van der Waals surface area (Å²) in [6, 6.07) is 13.8. The van der Waals surface area contributed by atoms with Crippen molar-refractivity contribution in [3.05, 3.63) is 59.2 Å². The van der Waals surface area contributed by atoms with Gasteiger partial charge in [-0.25, -0.2) is 0 Å². The van der Waals surface area contributed by atoms with Crippen LogP contribution in [0.2, 0.25) is 0 Å². The number of imide groups is 1. The Balaban J connectivity index is 1.39. The number of hydrogen-bond acceptors (Lipinski definition) is 4. The van der Waals surface area contributed by atoms with Gasteiger partial charge in [-0.05, 0) is 43.0 Å². The first-order valence-electron chi connectivity index (χ1n) is 8.88. The zero-order valence-electron chi connectivity index (χ0n) is 14.7. The van der Waals surface area contributed by atoms with Gasteiger partial charge in [-0.3, -0.25) is 14.5 Å². The highest BCUT2D eigenvalue weighted by atomic mass is 16.7. The van der Waals surface area contributed by atoms with Crippen molar-refractivity contribution in [2.24, 2.45) is 5.92 Å². The van der Waals surface area contributed by atoms with E-state index in [4.69, 9.17) is 9.47 Å². The van der Waals surface area contributed by atoms with Gasteiger partial charge in [-0.1, -0.05) is 35.9 Å². The van der Waals surface area contributed by atoms with E-state index in [0.717, 1.165) is 22.6 Å². The minimum Gasteiger partial charge on any atom is -0.454 e. The molecule has 134 valence electrons. The van der Waals surface area contributed by atoms with Crippen molar-refractivity contribution < 1.29 is 19.1 Å². The van der Waals surface area contributed by atoms with Gasteiger partial charge in [0.2, 0.25) is 18.6 Å². The quantitative estimate of drug-likeness (QED) is 0.778. The highest BCUT2D eigenvalue weighted by molar-refractivity contribution is 6.03. The molecule has 0 aliphatic carbocycles. The Labute approximate surface area is 152 Å². The van der Waals surface area contributed by atoms with E-state index >= 15 is 0 Å². The van der Waals surface area contributed by atoms with Crippen LogP contribution in [0, 0.1) is 12.8 Å². The number of ether oxygens (including phenoxy) is 2. The fourth-order valence-corrected chi connectivity index (χ4v) is 3.61. The molecule has 2 amide bonds. The number of carbonyl (C=O) groups is 2. The summed E-state index contributed by atoms with van der Waals surface area (Å²) in [5, 5.41) is 0. The predicted octanol–water partition coefficient (Wildman–Crippen LogP) is 2.88. The van der Waals surface area contributed by atoms with Crippen LogP contribution in [-0.4, -0.2) is 30.1 Å². The average Bonchev–Trinajstić information content (AvgIpc) is 3.18. The van der Waals surface area contributed by atoms with E-state index in [-0.39, 0.29) is 24.5 Å². The van der Waals surface area contributed by atoms with Crippen LogP contribution in [0.15, 0.2) is 42.5 Å². The van der Waals surface area contributed by atoms with Gasteiger partial charge in [0.05, 0.1) is 5.92 Å². The number of benzene rings is 2. The summed E-state index contributed by atoms with van der Waals surface area (Å²) < 4.78 is 10.7. The molecule has 1 saturated heterocycles. The van der Waals surface area contributed by atoms with E-state index in [1.54, 1.807) is 0 Å². The van der Waals surface area contributed by atoms with Crippen LogP contribution in [0.3, 0.4) is 0 Å². The van der Waals surface area contributed by atoms with E-state index in [1.165, 1.54) is 10.5 Å². The van der Waals surface area contributed by atoms with Crippen molar-refractivity contribution in [2.75, 3.05) is 13.3 Å². The van der Waals surface area contributed by atoms with Crippen molar-refractivity contribution in [3.8, 4) is 11.5 Å². The lowest BCUT2D eigenvalue weighted by atomic mass is 9.97. The van der Waals surface area contributed by atoms with Crippen molar-refractivity contribution in [3.63, 3.8) is 0 Å². The number of rotatable bonds is 5.